The number of ether oxygens (including phenoxy) is 2. The lowest BCUT2D eigenvalue weighted by Gasteiger charge is -2.22. The van der Waals surface area contributed by atoms with Crippen LogP contribution in [0, 0.1) is 17.6 Å². The lowest BCUT2D eigenvalue weighted by molar-refractivity contribution is 0.0203. The second kappa shape index (κ2) is 11.1. The Labute approximate surface area is 154 Å². The molecule has 1 aromatic rings. The summed E-state index contributed by atoms with van der Waals surface area (Å²) < 4.78 is 37.4. The SMILES string of the molecule is CN=C(NCCCOCC1CCOCC1)NC(C)c1ccc(F)c(F)c1. The Balaban J connectivity index is 1.63. The average Bonchev–Trinajstić information content (AvgIpc) is 2.66. The van der Waals surface area contributed by atoms with Gasteiger partial charge in [0.1, 0.15) is 0 Å². The largest absolute Gasteiger partial charge is 0.381 e. The van der Waals surface area contributed by atoms with Gasteiger partial charge in [0.15, 0.2) is 17.6 Å². The van der Waals surface area contributed by atoms with Gasteiger partial charge in [-0.15, -0.1) is 0 Å². The maximum absolute atomic E-state index is 13.3. The molecule has 1 aromatic carbocycles. The normalized spacial score (nSPS) is 17.2. The van der Waals surface area contributed by atoms with Gasteiger partial charge in [-0.25, -0.2) is 8.78 Å². The molecule has 1 saturated heterocycles. The van der Waals surface area contributed by atoms with Gasteiger partial charge in [-0.3, -0.25) is 4.99 Å². The molecule has 2 N–H and O–H groups in total. The highest BCUT2D eigenvalue weighted by Gasteiger charge is 2.13. The summed E-state index contributed by atoms with van der Waals surface area (Å²) in [5, 5.41) is 6.37. The van der Waals surface area contributed by atoms with Crippen molar-refractivity contribution >= 4 is 5.96 Å². The topological polar surface area (TPSA) is 54.9 Å². The minimum Gasteiger partial charge on any atom is -0.381 e. The zero-order valence-electron chi connectivity index (χ0n) is 15.6. The van der Waals surface area contributed by atoms with Crippen molar-refractivity contribution in [2.45, 2.75) is 32.2 Å². The van der Waals surface area contributed by atoms with Gasteiger partial charge in [0.05, 0.1) is 6.04 Å². The fraction of sp³-hybridized carbons (Fsp3) is 0.632. The van der Waals surface area contributed by atoms with E-state index in [0.717, 1.165) is 51.7 Å². The summed E-state index contributed by atoms with van der Waals surface area (Å²) in [5.41, 5.74) is 0.659. The first kappa shape index (κ1) is 20.6. The number of aliphatic imine (C=N–C) groups is 1. The standard InChI is InChI=1S/C19H29F2N3O2/c1-14(16-4-5-17(20)18(21)12-16)24-19(22-2)23-8-3-9-26-13-15-6-10-25-11-7-15/h4-5,12,14-15H,3,6-11,13H2,1-2H3,(H2,22,23,24). The lowest BCUT2D eigenvalue weighted by Crippen LogP contribution is -2.39. The molecule has 0 amide bonds. The van der Waals surface area contributed by atoms with E-state index in [1.165, 1.54) is 6.07 Å². The highest BCUT2D eigenvalue weighted by molar-refractivity contribution is 5.80. The number of nitrogens with zero attached hydrogens (tertiary/aromatic N) is 1. The molecule has 0 radical (unpaired) electrons. The van der Waals surface area contributed by atoms with E-state index in [1.54, 1.807) is 13.1 Å². The van der Waals surface area contributed by atoms with Crippen molar-refractivity contribution in [1.29, 1.82) is 0 Å². The van der Waals surface area contributed by atoms with Crippen LogP contribution in [0.2, 0.25) is 0 Å². The molecule has 1 heterocycles. The predicted molar refractivity (Wildman–Crippen MR) is 98.2 cm³/mol. The Bertz CT molecular complexity index is 578. The number of rotatable bonds is 8. The van der Waals surface area contributed by atoms with E-state index >= 15 is 0 Å². The van der Waals surface area contributed by atoms with Crippen molar-refractivity contribution in [3.05, 3.63) is 35.4 Å². The quantitative estimate of drug-likeness (QED) is 0.420. The summed E-state index contributed by atoms with van der Waals surface area (Å²) in [6, 6.07) is 3.70. The maximum atomic E-state index is 13.3. The summed E-state index contributed by atoms with van der Waals surface area (Å²) in [5.74, 6) is -0.459. The molecule has 0 saturated carbocycles. The minimum absolute atomic E-state index is 0.193. The Morgan fingerprint density at radius 1 is 1.31 bits per heavy atom. The second-order valence-corrected chi connectivity index (χ2v) is 6.52. The molecule has 26 heavy (non-hydrogen) atoms. The van der Waals surface area contributed by atoms with Crippen molar-refractivity contribution in [3.63, 3.8) is 0 Å². The molecule has 0 spiro atoms. The zero-order valence-corrected chi connectivity index (χ0v) is 15.6. The van der Waals surface area contributed by atoms with Crippen molar-refractivity contribution in [2.24, 2.45) is 10.9 Å². The number of benzene rings is 1. The van der Waals surface area contributed by atoms with Crippen molar-refractivity contribution in [3.8, 4) is 0 Å². The maximum Gasteiger partial charge on any atom is 0.191 e. The highest BCUT2D eigenvalue weighted by Crippen LogP contribution is 2.16. The second-order valence-electron chi connectivity index (χ2n) is 6.52. The number of hydrogen-bond acceptors (Lipinski definition) is 3. The van der Waals surface area contributed by atoms with Gasteiger partial charge in [0, 0.05) is 40.0 Å². The van der Waals surface area contributed by atoms with Crippen LogP contribution in [-0.2, 0) is 9.47 Å². The van der Waals surface area contributed by atoms with E-state index in [4.69, 9.17) is 9.47 Å². The van der Waals surface area contributed by atoms with Crippen LogP contribution in [0.25, 0.3) is 0 Å². The third-order valence-electron chi connectivity index (χ3n) is 4.47. The first-order valence-electron chi connectivity index (χ1n) is 9.17. The molecular weight excluding hydrogens is 340 g/mol. The molecule has 2 rings (SSSR count). The molecule has 5 nitrogen and oxygen atoms in total. The fourth-order valence-electron chi connectivity index (χ4n) is 2.81. The van der Waals surface area contributed by atoms with Gasteiger partial charge in [-0.05, 0) is 49.8 Å². The van der Waals surface area contributed by atoms with Gasteiger partial charge in [0.25, 0.3) is 0 Å². The average molecular weight is 369 g/mol. The molecule has 146 valence electrons. The van der Waals surface area contributed by atoms with E-state index in [9.17, 15) is 8.78 Å². The number of nitrogens with one attached hydrogen (secondary N) is 2. The molecule has 7 heteroatoms. The van der Waals surface area contributed by atoms with Crippen LogP contribution in [0.3, 0.4) is 0 Å². The van der Waals surface area contributed by atoms with Crippen LogP contribution in [0.5, 0.6) is 0 Å². The Morgan fingerprint density at radius 3 is 2.77 bits per heavy atom. The number of guanidine groups is 1. The Morgan fingerprint density at radius 2 is 2.08 bits per heavy atom. The number of halogens is 2. The first-order valence-corrected chi connectivity index (χ1v) is 9.17. The molecule has 0 aliphatic carbocycles. The molecule has 0 aromatic heterocycles. The molecule has 1 fully saturated rings. The van der Waals surface area contributed by atoms with Crippen LogP contribution in [0.1, 0.15) is 37.8 Å². The minimum atomic E-state index is -0.847. The summed E-state index contributed by atoms with van der Waals surface area (Å²) in [6.07, 6.45) is 3.02. The van der Waals surface area contributed by atoms with Crippen LogP contribution >= 0.6 is 0 Å². The van der Waals surface area contributed by atoms with Gasteiger partial charge in [-0.1, -0.05) is 6.07 Å². The highest BCUT2D eigenvalue weighted by atomic mass is 19.2. The van der Waals surface area contributed by atoms with E-state index in [0.29, 0.717) is 24.0 Å². The Kier molecular flexibility index (Phi) is 8.77. The first-order chi connectivity index (χ1) is 12.6. The molecule has 1 aliphatic heterocycles. The summed E-state index contributed by atoms with van der Waals surface area (Å²) in [6.45, 7) is 5.76. The van der Waals surface area contributed by atoms with Crippen molar-refractivity contribution in [2.75, 3.05) is 40.0 Å². The molecule has 0 bridgehead atoms. The van der Waals surface area contributed by atoms with Crippen molar-refractivity contribution in [1.82, 2.24) is 10.6 Å². The summed E-state index contributed by atoms with van der Waals surface area (Å²) >= 11 is 0. The van der Waals surface area contributed by atoms with Gasteiger partial charge < -0.3 is 20.1 Å². The van der Waals surface area contributed by atoms with E-state index < -0.39 is 11.6 Å². The van der Waals surface area contributed by atoms with E-state index in [2.05, 4.69) is 15.6 Å². The lowest BCUT2D eigenvalue weighted by atomic mass is 10.0. The monoisotopic (exact) mass is 369 g/mol. The molecule has 1 aliphatic rings. The van der Waals surface area contributed by atoms with Gasteiger partial charge in [0.2, 0.25) is 0 Å². The zero-order chi connectivity index (χ0) is 18.8. The van der Waals surface area contributed by atoms with Crippen LogP contribution in [0.4, 0.5) is 8.78 Å². The molecule has 1 unspecified atom stereocenters. The summed E-state index contributed by atoms with van der Waals surface area (Å²) in [4.78, 5) is 4.16. The van der Waals surface area contributed by atoms with E-state index in [1.807, 2.05) is 6.92 Å². The third-order valence-corrected chi connectivity index (χ3v) is 4.47. The predicted octanol–water partition coefficient (Wildman–Crippen LogP) is 3.02. The summed E-state index contributed by atoms with van der Waals surface area (Å²) in [7, 11) is 1.68. The van der Waals surface area contributed by atoms with Crippen LogP contribution in [0.15, 0.2) is 23.2 Å². The van der Waals surface area contributed by atoms with Crippen molar-refractivity contribution < 1.29 is 18.3 Å². The molecule has 1 atom stereocenters. The van der Waals surface area contributed by atoms with E-state index in [-0.39, 0.29) is 6.04 Å². The Hall–Kier alpha value is -1.73. The third kappa shape index (κ3) is 6.88. The number of hydrogen-bond donors (Lipinski definition) is 2. The molecular formula is C19H29F2N3O2. The van der Waals surface area contributed by atoms with Gasteiger partial charge in [-0.2, -0.15) is 0 Å². The smallest absolute Gasteiger partial charge is 0.191 e. The van der Waals surface area contributed by atoms with Crippen LogP contribution in [-0.4, -0.2) is 46.0 Å². The fourth-order valence-corrected chi connectivity index (χ4v) is 2.81. The van der Waals surface area contributed by atoms with Crippen LogP contribution < -0.4 is 10.6 Å². The van der Waals surface area contributed by atoms with Gasteiger partial charge >= 0.3 is 0 Å².